The minimum atomic E-state index is 0.242. The van der Waals surface area contributed by atoms with E-state index in [1.54, 1.807) is 24.4 Å². The lowest BCUT2D eigenvalue weighted by atomic mass is 10.1. The van der Waals surface area contributed by atoms with Crippen molar-refractivity contribution in [2.45, 2.75) is 0 Å². The molecule has 0 aliphatic heterocycles. The molecule has 0 aliphatic carbocycles. The molecule has 0 spiro atoms. The summed E-state index contributed by atoms with van der Waals surface area (Å²) in [6.45, 7) is 0. The Morgan fingerprint density at radius 1 is 1.12 bits per heavy atom. The van der Waals surface area contributed by atoms with Crippen molar-refractivity contribution in [1.29, 1.82) is 0 Å². The van der Waals surface area contributed by atoms with Crippen LogP contribution < -0.4 is 5.32 Å². The predicted molar refractivity (Wildman–Crippen MR) is 108 cm³/mol. The molecule has 0 atom stereocenters. The van der Waals surface area contributed by atoms with Gasteiger partial charge in [-0.3, -0.25) is 4.79 Å². The Morgan fingerprint density at radius 3 is 2.73 bits per heavy atom. The van der Waals surface area contributed by atoms with Crippen LogP contribution in [-0.2, 0) is 4.79 Å². The number of anilines is 1. The number of benzene rings is 3. The van der Waals surface area contributed by atoms with Gasteiger partial charge in [0.2, 0.25) is 5.89 Å². The number of rotatable bonds is 4. The molecule has 0 amide bonds. The lowest BCUT2D eigenvalue weighted by molar-refractivity contribution is -0.103. The molecule has 0 unspecified atom stereocenters. The van der Waals surface area contributed by atoms with Crippen LogP contribution in [0, 0.1) is 0 Å². The van der Waals surface area contributed by atoms with E-state index in [-0.39, 0.29) is 5.89 Å². The number of nitrogens with one attached hydrogen (secondary N) is 1. The Labute approximate surface area is 162 Å². The van der Waals surface area contributed by atoms with E-state index < -0.39 is 0 Å². The lowest BCUT2D eigenvalue weighted by Crippen LogP contribution is -1.94. The minimum Gasteiger partial charge on any atom is -0.436 e. The van der Waals surface area contributed by atoms with Crippen LogP contribution in [0.25, 0.3) is 27.4 Å². The lowest BCUT2D eigenvalue weighted by Gasteiger charge is -2.08. The Balaban J connectivity index is 1.72. The number of carbonyl (C=O) groups excluding carboxylic acids is 1. The molecular weight excluding hydrogens is 416 g/mol. The summed E-state index contributed by atoms with van der Waals surface area (Å²) >= 11 is 9.52. The van der Waals surface area contributed by atoms with Gasteiger partial charge in [0, 0.05) is 26.8 Å². The van der Waals surface area contributed by atoms with Crippen molar-refractivity contribution in [2.75, 3.05) is 5.32 Å². The minimum absolute atomic E-state index is 0.242. The Bertz CT molecular complexity index is 1170. The molecule has 1 aromatic heterocycles. The fourth-order valence-electron chi connectivity index (χ4n) is 2.71. The van der Waals surface area contributed by atoms with Crippen molar-refractivity contribution < 1.29 is 9.21 Å². The number of nitrogens with zero attached hydrogens (tertiary/aromatic N) is 1. The number of carbonyl (C=O) groups is 1. The molecule has 26 heavy (non-hydrogen) atoms. The second-order valence-corrected chi connectivity index (χ2v) is 6.92. The van der Waals surface area contributed by atoms with Crippen LogP contribution in [0.4, 0.5) is 5.69 Å². The van der Waals surface area contributed by atoms with Crippen molar-refractivity contribution in [2.24, 2.45) is 0 Å². The van der Waals surface area contributed by atoms with Crippen molar-refractivity contribution in [1.82, 2.24) is 4.98 Å². The summed E-state index contributed by atoms with van der Waals surface area (Å²) < 4.78 is 6.66. The highest BCUT2D eigenvalue weighted by molar-refractivity contribution is 9.10. The first-order chi connectivity index (χ1) is 12.7. The van der Waals surface area contributed by atoms with Crippen LogP contribution in [0.1, 0.15) is 5.89 Å². The van der Waals surface area contributed by atoms with Gasteiger partial charge in [0.15, 0.2) is 11.9 Å². The summed E-state index contributed by atoms with van der Waals surface area (Å²) in [6, 6.07) is 17.0. The Hall–Kier alpha value is -2.63. The number of allylic oxidation sites excluding steroid dienone is 1. The van der Waals surface area contributed by atoms with E-state index in [0.29, 0.717) is 28.0 Å². The van der Waals surface area contributed by atoms with Crippen molar-refractivity contribution in [3.63, 3.8) is 0 Å². The summed E-state index contributed by atoms with van der Waals surface area (Å²) in [5.41, 5.74) is 2.37. The van der Waals surface area contributed by atoms with E-state index in [4.69, 9.17) is 16.0 Å². The fourth-order valence-corrected chi connectivity index (χ4v) is 3.36. The number of hydrogen-bond donors (Lipinski definition) is 1. The molecule has 4 rings (SSSR count). The Morgan fingerprint density at radius 2 is 1.92 bits per heavy atom. The molecule has 0 bridgehead atoms. The molecule has 0 saturated heterocycles. The van der Waals surface area contributed by atoms with Gasteiger partial charge in [-0.05, 0) is 35.7 Å². The first-order valence-electron chi connectivity index (χ1n) is 7.81. The van der Waals surface area contributed by atoms with Gasteiger partial charge in [0.1, 0.15) is 5.52 Å². The number of hydrogen-bond acceptors (Lipinski definition) is 4. The maximum Gasteiger partial charge on any atom is 0.232 e. The molecule has 128 valence electrons. The van der Waals surface area contributed by atoms with Crippen LogP contribution in [0.2, 0.25) is 5.02 Å². The van der Waals surface area contributed by atoms with Crippen LogP contribution in [0.15, 0.2) is 69.7 Å². The van der Waals surface area contributed by atoms with E-state index in [9.17, 15) is 4.79 Å². The van der Waals surface area contributed by atoms with Gasteiger partial charge >= 0.3 is 0 Å². The van der Waals surface area contributed by atoms with Crippen molar-refractivity contribution in [3.8, 4) is 0 Å². The molecule has 4 aromatic rings. The molecule has 3 aromatic carbocycles. The van der Waals surface area contributed by atoms with E-state index in [0.717, 1.165) is 20.9 Å². The van der Waals surface area contributed by atoms with Gasteiger partial charge in [0.05, 0.1) is 5.57 Å². The highest BCUT2D eigenvalue weighted by Crippen LogP contribution is 2.30. The summed E-state index contributed by atoms with van der Waals surface area (Å²) in [7, 11) is 0. The quantitative estimate of drug-likeness (QED) is 0.318. The van der Waals surface area contributed by atoms with E-state index in [2.05, 4.69) is 26.2 Å². The summed E-state index contributed by atoms with van der Waals surface area (Å²) in [5.74, 6) is 0.242. The topological polar surface area (TPSA) is 55.1 Å². The molecule has 6 heteroatoms. The number of aldehydes is 1. The zero-order chi connectivity index (χ0) is 18.1. The smallest absolute Gasteiger partial charge is 0.232 e. The third kappa shape index (κ3) is 3.11. The molecule has 1 N–H and O–H groups in total. The number of fused-ring (bicyclic) bond motifs is 2. The molecule has 0 radical (unpaired) electrons. The number of aromatic nitrogens is 1. The monoisotopic (exact) mass is 426 g/mol. The largest absolute Gasteiger partial charge is 0.436 e. The normalized spacial score (nSPS) is 11.8. The second kappa shape index (κ2) is 6.94. The zero-order valence-corrected chi connectivity index (χ0v) is 15.7. The van der Waals surface area contributed by atoms with Crippen LogP contribution >= 0.6 is 27.5 Å². The first-order valence-corrected chi connectivity index (χ1v) is 8.98. The summed E-state index contributed by atoms with van der Waals surface area (Å²) in [5, 5.41) is 5.86. The third-order valence-electron chi connectivity index (χ3n) is 3.98. The average molecular weight is 428 g/mol. The summed E-state index contributed by atoms with van der Waals surface area (Å²) in [6.07, 6.45) is 2.30. The van der Waals surface area contributed by atoms with Gasteiger partial charge in [-0.2, -0.15) is 0 Å². The fraction of sp³-hybridized carbons (Fsp3) is 0. The predicted octanol–water partition coefficient (Wildman–Crippen LogP) is 6.05. The number of oxazole rings is 1. The molecule has 0 saturated carbocycles. The van der Waals surface area contributed by atoms with Crippen LogP contribution in [0.5, 0.6) is 0 Å². The average Bonchev–Trinajstić information content (AvgIpc) is 3.07. The molecule has 0 fully saturated rings. The van der Waals surface area contributed by atoms with E-state index in [1.165, 1.54) is 0 Å². The van der Waals surface area contributed by atoms with Gasteiger partial charge in [-0.1, -0.05) is 51.8 Å². The summed E-state index contributed by atoms with van der Waals surface area (Å²) in [4.78, 5) is 15.9. The number of halogens is 2. The second-order valence-electron chi connectivity index (χ2n) is 5.63. The third-order valence-corrected chi connectivity index (χ3v) is 4.90. The van der Waals surface area contributed by atoms with Gasteiger partial charge < -0.3 is 9.73 Å². The standard InChI is InChI=1S/C20H12BrClN2O2/c21-16-6-7-17(15-4-2-1-3-14(15)16)23-10-12(11-25)20-24-18-9-13(22)5-8-19(18)26-20/h1-11,23H. The van der Waals surface area contributed by atoms with E-state index in [1.807, 2.05) is 36.4 Å². The Kier molecular flexibility index (Phi) is 4.49. The molecule has 0 aliphatic rings. The first kappa shape index (κ1) is 16.8. The zero-order valence-electron chi connectivity index (χ0n) is 13.4. The van der Waals surface area contributed by atoms with Gasteiger partial charge in [-0.15, -0.1) is 0 Å². The van der Waals surface area contributed by atoms with Crippen molar-refractivity contribution in [3.05, 3.63) is 76.2 Å². The van der Waals surface area contributed by atoms with Gasteiger partial charge in [0.25, 0.3) is 0 Å². The van der Waals surface area contributed by atoms with Crippen LogP contribution in [0.3, 0.4) is 0 Å². The van der Waals surface area contributed by atoms with Crippen molar-refractivity contribution >= 4 is 66.9 Å². The highest BCUT2D eigenvalue weighted by Gasteiger charge is 2.11. The maximum absolute atomic E-state index is 11.5. The van der Waals surface area contributed by atoms with Crippen LogP contribution in [-0.4, -0.2) is 11.3 Å². The van der Waals surface area contributed by atoms with E-state index >= 15 is 0 Å². The maximum atomic E-state index is 11.5. The molecule has 1 heterocycles. The molecule has 4 nitrogen and oxygen atoms in total. The SMILES string of the molecule is O=CC(=CNc1ccc(Br)c2ccccc12)c1nc2cc(Cl)ccc2o1. The van der Waals surface area contributed by atoms with Gasteiger partial charge in [-0.25, -0.2) is 4.98 Å². The molecular formula is C20H12BrClN2O2. The highest BCUT2D eigenvalue weighted by atomic mass is 79.9.